The number of carbonyl (C=O) groups excluding carboxylic acids is 2. The number of para-hydroxylation sites is 1. The lowest BCUT2D eigenvalue weighted by atomic mass is 10.0. The van der Waals surface area contributed by atoms with Crippen molar-refractivity contribution in [2.75, 3.05) is 18.0 Å². The van der Waals surface area contributed by atoms with E-state index in [-0.39, 0.29) is 11.8 Å². The Morgan fingerprint density at radius 2 is 1.68 bits per heavy atom. The lowest BCUT2D eigenvalue weighted by molar-refractivity contribution is -0.121. The number of anilines is 1. The van der Waals surface area contributed by atoms with E-state index < -0.39 is 0 Å². The summed E-state index contributed by atoms with van der Waals surface area (Å²) in [7, 11) is 0. The van der Waals surface area contributed by atoms with Gasteiger partial charge in [0.25, 0.3) is 0 Å². The largest absolute Gasteiger partial charge is 0.354 e. The van der Waals surface area contributed by atoms with Crippen molar-refractivity contribution in [1.82, 2.24) is 5.32 Å². The fraction of sp³-hybridized carbons (Fsp3) is 0.556. The molecular weight excluding hydrogens is 276 g/mol. The number of hydrogen-bond donors (Lipinski definition) is 1. The molecule has 0 saturated carbocycles. The number of benzene rings is 1. The van der Waals surface area contributed by atoms with Crippen molar-refractivity contribution in [3.63, 3.8) is 0 Å². The molecule has 22 heavy (non-hydrogen) atoms. The molecule has 0 atom stereocenters. The summed E-state index contributed by atoms with van der Waals surface area (Å²) in [6, 6.07) is 6.18. The average Bonchev–Trinajstić information content (AvgIpc) is 2.50. The number of nitrogens with one attached hydrogen (secondary N) is 1. The lowest BCUT2D eigenvalue weighted by Crippen LogP contribution is -2.38. The molecule has 1 aromatic rings. The minimum absolute atomic E-state index is 0.0142. The van der Waals surface area contributed by atoms with Gasteiger partial charge < -0.3 is 10.2 Å². The Morgan fingerprint density at radius 3 is 2.14 bits per heavy atom. The molecule has 0 aliphatic rings. The van der Waals surface area contributed by atoms with Crippen LogP contribution in [0.3, 0.4) is 0 Å². The SMILES string of the molecule is CCCC(=O)NCCN(C(C)=O)c1c(CC)cccc1CC. The molecule has 4 heteroatoms. The minimum Gasteiger partial charge on any atom is -0.354 e. The van der Waals surface area contributed by atoms with E-state index in [1.54, 1.807) is 11.8 Å². The minimum atomic E-state index is 0.0142. The molecule has 0 spiro atoms. The molecule has 4 nitrogen and oxygen atoms in total. The van der Waals surface area contributed by atoms with Crippen LogP contribution in [-0.2, 0) is 22.4 Å². The Bertz CT molecular complexity index is 490. The Morgan fingerprint density at radius 1 is 1.09 bits per heavy atom. The lowest BCUT2D eigenvalue weighted by Gasteiger charge is -2.26. The Labute approximate surface area is 133 Å². The van der Waals surface area contributed by atoms with Crippen LogP contribution in [0.4, 0.5) is 5.69 Å². The molecule has 1 rings (SSSR count). The van der Waals surface area contributed by atoms with Gasteiger partial charge in [-0.3, -0.25) is 9.59 Å². The van der Waals surface area contributed by atoms with E-state index in [0.717, 1.165) is 24.9 Å². The van der Waals surface area contributed by atoms with Crippen molar-refractivity contribution >= 4 is 17.5 Å². The molecule has 122 valence electrons. The van der Waals surface area contributed by atoms with Crippen LogP contribution in [0, 0.1) is 0 Å². The van der Waals surface area contributed by atoms with E-state index in [4.69, 9.17) is 0 Å². The fourth-order valence-corrected chi connectivity index (χ4v) is 2.61. The third-order valence-corrected chi connectivity index (χ3v) is 3.75. The summed E-state index contributed by atoms with van der Waals surface area (Å²) in [5.74, 6) is 0.0610. The van der Waals surface area contributed by atoms with Crippen LogP contribution in [0.1, 0.15) is 51.7 Å². The summed E-state index contributed by atoms with van der Waals surface area (Å²) in [6.07, 6.45) is 3.14. The van der Waals surface area contributed by atoms with Crippen molar-refractivity contribution in [3.05, 3.63) is 29.3 Å². The average molecular weight is 304 g/mol. The van der Waals surface area contributed by atoms with Gasteiger partial charge in [-0.1, -0.05) is 39.0 Å². The van der Waals surface area contributed by atoms with E-state index in [0.29, 0.717) is 19.5 Å². The van der Waals surface area contributed by atoms with Crippen molar-refractivity contribution in [3.8, 4) is 0 Å². The topological polar surface area (TPSA) is 49.4 Å². The number of hydrogen-bond acceptors (Lipinski definition) is 2. The van der Waals surface area contributed by atoms with Crippen molar-refractivity contribution < 1.29 is 9.59 Å². The molecule has 1 N–H and O–H groups in total. The highest BCUT2D eigenvalue weighted by molar-refractivity contribution is 5.93. The Kier molecular flexibility index (Phi) is 7.64. The van der Waals surface area contributed by atoms with E-state index in [1.807, 2.05) is 13.0 Å². The first-order valence-corrected chi connectivity index (χ1v) is 8.20. The number of aryl methyl sites for hydroxylation is 2. The van der Waals surface area contributed by atoms with Gasteiger partial charge >= 0.3 is 0 Å². The second kappa shape index (κ2) is 9.23. The molecular formula is C18H28N2O2. The third-order valence-electron chi connectivity index (χ3n) is 3.75. The third kappa shape index (κ3) is 4.86. The summed E-state index contributed by atoms with van der Waals surface area (Å²) < 4.78 is 0. The van der Waals surface area contributed by atoms with E-state index >= 15 is 0 Å². The first-order valence-electron chi connectivity index (χ1n) is 8.20. The van der Waals surface area contributed by atoms with Gasteiger partial charge in [0.05, 0.1) is 5.69 Å². The zero-order valence-corrected chi connectivity index (χ0v) is 14.2. The van der Waals surface area contributed by atoms with Gasteiger partial charge in [-0.25, -0.2) is 0 Å². The molecule has 0 radical (unpaired) electrons. The number of carbonyl (C=O) groups is 2. The van der Waals surface area contributed by atoms with Gasteiger partial charge in [-0.15, -0.1) is 0 Å². The van der Waals surface area contributed by atoms with Gasteiger partial charge in [0.15, 0.2) is 0 Å². The quantitative estimate of drug-likeness (QED) is 0.802. The fourth-order valence-electron chi connectivity index (χ4n) is 2.61. The van der Waals surface area contributed by atoms with E-state index in [9.17, 15) is 9.59 Å². The van der Waals surface area contributed by atoms with Crippen LogP contribution < -0.4 is 10.2 Å². The van der Waals surface area contributed by atoms with Gasteiger partial charge in [0.2, 0.25) is 11.8 Å². The van der Waals surface area contributed by atoms with Gasteiger partial charge in [0.1, 0.15) is 0 Å². The predicted molar refractivity (Wildman–Crippen MR) is 91.1 cm³/mol. The monoisotopic (exact) mass is 304 g/mol. The zero-order valence-electron chi connectivity index (χ0n) is 14.2. The first kappa shape index (κ1) is 18.2. The van der Waals surface area contributed by atoms with Crippen LogP contribution in [0.15, 0.2) is 18.2 Å². The highest BCUT2D eigenvalue weighted by Gasteiger charge is 2.17. The van der Waals surface area contributed by atoms with Crippen LogP contribution >= 0.6 is 0 Å². The Hall–Kier alpha value is -1.84. The van der Waals surface area contributed by atoms with Crippen molar-refractivity contribution in [2.45, 2.75) is 53.4 Å². The molecule has 0 aliphatic carbocycles. The normalized spacial score (nSPS) is 10.4. The van der Waals surface area contributed by atoms with Crippen LogP contribution in [0.5, 0.6) is 0 Å². The predicted octanol–water partition coefficient (Wildman–Crippen LogP) is 3.08. The van der Waals surface area contributed by atoms with Crippen LogP contribution in [0.25, 0.3) is 0 Å². The summed E-state index contributed by atoms with van der Waals surface area (Å²) in [5.41, 5.74) is 3.37. The maximum Gasteiger partial charge on any atom is 0.223 e. The summed E-state index contributed by atoms with van der Waals surface area (Å²) >= 11 is 0. The first-order chi connectivity index (χ1) is 10.5. The summed E-state index contributed by atoms with van der Waals surface area (Å²) in [4.78, 5) is 25.5. The smallest absolute Gasteiger partial charge is 0.223 e. The number of rotatable bonds is 8. The molecule has 0 bridgehead atoms. The molecule has 1 aromatic carbocycles. The maximum absolute atomic E-state index is 12.1. The van der Waals surface area contributed by atoms with E-state index in [2.05, 4.69) is 31.3 Å². The molecule has 2 amide bonds. The van der Waals surface area contributed by atoms with Crippen molar-refractivity contribution in [2.24, 2.45) is 0 Å². The maximum atomic E-state index is 12.1. The highest BCUT2D eigenvalue weighted by atomic mass is 16.2. The number of nitrogens with zero attached hydrogens (tertiary/aromatic N) is 1. The Balaban J connectivity index is 2.92. The molecule has 0 fully saturated rings. The zero-order chi connectivity index (χ0) is 16.5. The highest BCUT2D eigenvalue weighted by Crippen LogP contribution is 2.27. The second-order valence-electron chi connectivity index (χ2n) is 5.40. The van der Waals surface area contributed by atoms with Crippen molar-refractivity contribution in [1.29, 1.82) is 0 Å². The van der Waals surface area contributed by atoms with Gasteiger partial charge in [-0.05, 0) is 30.4 Å². The number of amides is 2. The van der Waals surface area contributed by atoms with Crippen LogP contribution in [0.2, 0.25) is 0 Å². The summed E-state index contributed by atoms with van der Waals surface area (Å²) in [5, 5.41) is 2.88. The summed E-state index contributed by atoms with van der Waals surface area (Å²) in [6.45, 7) is 8.75. The molecule has 0 saturated heterocycles. The van der Waals surface area contributed by atoms with Crippen LogP contribution in [-0.4, -0.2) is 24.9 Å². The van der Waals surface area contributed by atoms with Gasteiger partial charge in [0, 0.05) is 26.4 Å². The van der Waals surface area contributed by atoms with E-state index in [1.165, 1.54) is 11.1 Å². The second-order valence-corrected chi connectivity index (χ2v) is 5.40. The molecule has 0 aromatic heterocycles. The van der Waals surface area contributed by atoms with Gasteiger partial charge in [-0.2, -0.15) is 0 Å². The molecule has 0 aliphatic heterocycles. The standard InChI is InChI=1S/C18H28N2O2/c1-5-9-17(22)19-12-13-20(14(4)21)18-15(6-2)10-8-11-16(18)7-3/h8,10-11H,5-7,9,12-13H2,1-4H3,(H,19,22). The molecule has 0 heterocycles. The molecule has 0 unspecified atom stereocenters.